The van der Waals surface area contributed by atoms with Crippen molar-refractivity contribution in [3.63, 3.8) is 0 Å². The highest BCUT2D eigenvalue weighted by molar-refractivity contribution is 9.11. The summed E-state index contributed by atoms with van der Waals surface area (Å²) in [4.78, 5) is 22.0. The van der Waals surface area contributed by atoms with Crippen molar-refractivity contribution in [2.45, 2.75) is 0 Å². The summed E-state index contributed by atoms with van der Waals surface area (Å²) in [6.45, 7) is -0.489. The van der Waals surface area contributed by atoms with Gasteiger partial charge in [-0.1, -0.05) is 12.1 Å². The van der Waals surface area contributed by atoms with Crippen LogP contribution in [0.15, 0.2) is 44.4 Å². The SMILES string of the molecule is O=C(COc1ccccc1[N+](=O)[O-])N/N=C/c1cc(Br)c(O)c(Br)c1O. The maximum Gasteiger partial charge on any atom is 0.310 e. The first-order valence-electron chi connectivity index (χ1n) is 6.89. The first-order valence-corrected chi connectivity index (χ1v) is 8.48. The molecule has 0 fully saturated rings. The van der Waals surface area contributed by atoms with Gasteiger partial charge in [-0.15, -0.1) is 0 Å². The Kier molecular flexibility index (Phi) is 6.52. The van der Waals surface area contributed by atoms with E-state index in [2.05, 4.69) is 42.4 Å². The fourth-order valence-corrected chi connectivity index (χ4v) is 2.95. The number of rotatable bonds is 6. The second kappa shape index (κ2) is 8.63. The van der Waals surface area contributed by atoms with Crippen molar-refractivity contribution >= 4 is 49.7 Å². The molecule has 3 N–H and O–H groups in total. The molecular weight excluding hydrogens is 478 g/mol. The quantitative estimate of drug-likeness (QED) is 0.325. The number of phenols is 2. The minimum atomic E-state index is -0.657. The van der Waals surface area contributed by atoms with E-state index in [0.717, 1.165) is 6.21 Å². The van der Waals surface area contributed by atoms with E-state index in [9.17, 15) is 25.1 Å². The highest BCUT2D eigenvalue weighted by Gasteiger charge is 2.15. The van der Waals surface area contributed by atoms with Crippen LogP contribution in [0.2, 0.25) is 0 Å². The molecule has 0 unspecified atom stereocenters. The fraction of sp³-hybridized carbons (Fsp3) is 0.0667. The first kappa shape index (κ1) is 19.7. The van der Waals surface area contributed by atoms with Gasteiger partial charge in [-0.25, -0.2) is 5.43 Å². The number of aromatic hydroxyl groups is 2. The lowest BCUT2D eigenvalue weighted by Crippen LogP contribution is -2.24. The van der Waals surface area contributed by atoms with Gasteiger partial charge in [-0.05, 0) is 44.0 Å². The Bertz CT molecular complexity index is 888. The predicted octanol–water partition coefficient (Wildman–Crippen LogP) is 3.06. The first-order chi connectivity index (χ1) is 12.3. The van der Waals surface area contributed by atoms with Crippen molar-refractivity contribution in [3.05, 3.63) is 55.0 Å². The van der Waals surface area contributed by atoms with E-state index in [1.165, 1.54) is 24.3 Å². The maximum atomic E-state index is 11.7. The van der Waals surface area contributed by atoms with Gasteiger partial charge in [0.2, 0.25) is 0 Å². The van der Waals surface area contributed by atoms with Crippen molar-refractivity contribution in [2.75, 3.05) is 6.61 Å². The van der Waals surface area contributed by atoms with Crippen LogP contribution in [0.4, 0.5) is 5.69 Å². The summed E-state index contributed by atoms with van der Waals surface area (Å²) in [7, 11) is 0. The monoisotopic (exact) mass is 487 g/mol. The number of carbonyl (C=O) groups excluding carboxylic acids is 1. The average molecular weight is 489 g/mol. The molecule has 2 aromatic rings. The highest BCUT2D eigenvalue weighted by Crippen LogP contribution is 2.40. The molecule has 2 rings (SSSR count). The van der Waals surface area contributed by atoms with Gasteiger partial charge < -0.3 is 14.9 Å². The van der Waals surface area contributed by atoms with E-state index in [1.807, 2.05) is 0 Å². The number of hydrogen-bond donors (Lipinski definition) is 3. The van der Waals surface area contributed by atoms with Gasteiger partial charge in [0.05, 0.1) is 15.6 Å². The van der Waals surface area contributed by atoms with E-state index in [-0.39, 0.29) is 33.0 Å². The highest BCUT2D eigenvalue weighted by atomic mass is 79.9. The van der Waals surface area contributed by atoms with Crippen LogP contribution in [0.25, 0.3) is 0 Å². The molecule has 0 radical (unpaired) electrons. The topological polar surface area (TPSA) is 134 Å². The van der Waals surface area contributed by atoms with Crippen molar-refractivity contribution in [3.8, 4) is 17.2 Å². The number of carbonyl (C=O) groups is 1. The van der Waals surface area contributed by atoms with Gasteiger partial charge >= 0.3 is 5.69 Å². The normalized spacial score (nSPS) is 10.7. The van der Waals surface area contributed by atoms with Crippen LogP contribution in [0.1, 0.15) is 5.56 Å². The number of amides is 1. The number of para-hydroxylation sites is 2. The number of ether oxygens (including phenoxy) is 1. The Morgan fingerprint density at radius 1 is 1.31 bits per heavy atom. The number of nitrogens with zero attached hydrogens (tertiary/aromatic N) is 2. The molecule has 1 amide bonds. The number of benzene rings is 2. The lowest BCUT2D eigenvalue weighted by Gasteiger charge is -2.07. The molecule has 0 saturated carbocycles. The standard InChI is InChI=1S/C15H11Br2N3O6/c16-9-5-8(14(22)13(17)15(9)23)6-18-19-12(21)7-26-11-4-2-1-3-10(11)20(24)25/h1-6,22-23H,7H2,(H,19,21)/b18-6+. The van der Waals surface area contributed by atoms with Gasteiger partial charge in [-0.2, -0.15) is 5.10 Å². The third-order valence-electron chi connectivity index (χ3n) is 3.01. The summed E-state index contributed by atoms with van der Waals surface area (Å²) in [5, 5.41) is 34.0. The molecule has 0 aliphatic heterocycles. The van der Waals surface area contributed by atoms with Gasteiger partial charge in [0.15, 0.2) is 12.4 Å². The number of nitro groups is 1. The Morgan fingerprint density at radius 2 is 2.00 bits per heavy atom. The smallest absolute Gasteiger partial charge is 0.310 e. The largest absolute Gasteiger partial charge is 0.506 e. The summed E-state index contributed by atoms with van der Waals surface area (Å²) in [5.74, 6) is -1.14. The van der Waals surface area contributed by atoms with E-state index in [1.54, 1.807) is 6.07 Å². The third-order valence-corrected chi connectivity index (χ3v) is 4.37. The predicted molar refractivity (Wildman–Crippen MR) is 99.5 cm³/mol. The Labute approximate surface area is 163 Å². The molecule has 26 heavy (non-hydrogen) atoms. The van der Waals surface area contributed by atoms with Gasteiger partial charge in [0.1, 0.15) is 16.0 Å². The Morgan fingerprint density at radius 3 is 2.69 bits per heavy atom. The molecule has 0 aliphatic carbocycles. The zero-order valence-corrected chi connectivity index (χ0v) is 16.0. The molecule has 0 atom stereocenters. The molecule has 0 aliphatic rings. The molecule has 0 saturated heterocycles. The molecule has 0 bridgehead atoms. The molecule has 0 spiro atoms. The van der Waals surface area contributed by atoms with Crippen LogP contribution < -0.4 is 10.2 Å². The second-order valence-corrected chi connectivity index (χ2v) is 6.41. The Hall–Kier alpha value is -2.66. The third kappa shape index (κ3) is 4.70. The molecule has 0 heterocycles. The Balaban J connectivity index is 1.98. The number of hydrogen-bond acceptors (Lipinski definition) is 7. The van der Waals surface area contributed by atoms with E-state index in [0.29, 0.717) is 4.47 Å². The molecule has 136 valence electrons. The van der Waals surface area contributed by atoms with E-state index >= 15 is 0 Å². The molecule has 9 nitrogen and oxygen atoms in total. The minimum absolute atomic E-state index is 0.0410. The van der Waals surface area contributed by atoms with E-state index < -0.39 is 17.4 Å². The van der Waals surface area contributed by atoms with Crippen molar-refractivity contribution < 1.29 is 24.7 Å². The minimum Gasteiger partial charge on any atom is -0.506 e. The van der Waals surface area contributed by atoms with Crippen LogP contribution in [0, 0.1) is 10.1 Å². The van der Waals surface area contributed by atoms with Crippen LogP contribution in [-0.4, -0.2) is 33.9 Å². The van der Waals surface area contributed by atoms with Crippen LogP contribution in [0.3, 0.4) is 0 Å². The zero-order chi connectivity index (χ0) is 19.3. The number of nitrogens with one attached hydrogen (secondary N) is 1. The summed E-state index contributed by atoms with van der Waals surface area (Å²) in [6.07, 6.45) is 1.16. The van der Waals surface area contributed by atoms with Gasteiger partial charge in [-0.3, -0.25) is 14.9 Å². The molecular formula is C15H11Br2N3O6. The maximum absolute atomic E-state index is 11.7. The lowest BCUT2D eigenvalue weighted by atomic mass is 10.2. The summed E-state index contributed by atoms with van der Waals surface area (Å²) in [5.41, 5.74) is 2.13. The second-order valence-electron chi connectivity index (χ2n) is 4.77. The number of phenolic OH excluding ortho intramolecular Hbond substituents is 2. The lowest BCUT2D eigenvalue weighted by molar-refractivity contribution is -0.385. The fourth-order valence-electron chi connectivity index (χ4n) is 1.79. The molecule has 0 aromatic heterocycles. The number of halogens is 2. The summed E-state index contributed by atoms with van der Waals surface area (Å²) >= 11 is 6.12. The van der Waals surface area contributed by atoms with E-state index in [4.69, 9.17) is 4.74 Å². The molecule has 2 aromatic carbocycles. The van der Waals surface area contributed by atoms with Gasteiger partial charge in [0.25, 0.3) is 5.91 Å². The van der Waals surface area contributed by atoms with Crippen LogP contribution >= 0.6 is 31.9 Å². The van der Waals surface area contributed by atoms with Crippen molar-refractivity contribution in [1.29, 1.82) is 0 Å². The average Bonchev–Trinajstić information content (AvgIpc) is 2.62. The van der Waals surface area contributed by atoms with Crippen LogP contribution in [-0.2, 0) is 4.79 Å². The number of nitro benzene ring substituents is 1. The van der Waals surface area contributed by atoms with Crippen molar-refractivity contribution in [2.24, 2.45) is 5.10 Å². The molecule has 11 heteroatoms. The van der Waals surface area contributed by atoms with Crippen LogP contribution in [0.5, 0.6) is 17.2 Å². The summed E-state index contributed by atoms with van der Waals surface area (Å²) in [6, 6.07) is 7.05. The van der Waals surface area contributed by atoms with Gasteiger partial charge in [0, 0.05) is 11.6 Å². The number of hydrazone groups is 1. The summed E-state index contributed by atoms with van der Waals surface area (Å²) < 4.78 is 5.50. The van der Waals surface area contributed by atoms with Crippen molar-refractivity contribution in [1.82, 2.24) is 5.43 Å². The zero-order valence-electron chi connectivity index (χ0n) is 12.8.